The SMILES string of the molecule is CCN(CC(=O)NCCOC)c1cccc(N)c1. The molecule has 0 aliphatic rings. The van der Waals surface area contributed by atoms with E-state index < -0.39 is 0 Å². The highest BCUT2D eigenvalue weighted by Crippen LogP contribution is 2.16. The monoisotopic (exact) mass is 251 g/mol. The summed E-state index contributed by atoms with van der Waals surface area (Å²) in [7, 11) is 1.61. The molecule has 0 atom stereocenters. The van der Waals surface area contributed by atoms with Crippen LogP contribution >= 0.6 is 0 Å². The van der Waals surface area contributed by atoms with Crippen molar-refractivity contribution in [1.29, 1.82) is 0 Å². The fraction of sp³-hybridized carbons (Fsp3) is 0.462. The summed E-state index contributed by atoms with van der Waals surface area (Å²) in [4.78, 5) is 13.7. The van der Waals surface area contributed by atoms with E-state index in [0.29, 0.717) is 25.4 Å². The second-order valence-corrected chi connectivity index (χ2v) is 3.95. The molecule has 1 aromatic rings. The van der Waals surface area contributed by atoms with E-state index in [2.05, 4.69) is 5.32 Å². The molecule has 0 fully saturated rings. The largest absolute Gasteiger partial charge is 0.399 e. The summed E-state index contributed by atoms with van der Waals surface area (Å²) in [6, 6.07) is 7.53. The molecule has 1 rings (SSSR count). The van der Waals surface area contributed by atoms with Gasteiger partial charge in [0, 0.05) is 31.6 Å². The van der Waals surface area contributed by atoms with Gasteiger partial charge in [-0.3, -0.25) is 4.79 Å². The molecule has 0 spiro atoms. The number of nitrogens with one attached hydrogen (secondary N) is 1. The summed E-state index contributed by atoms with van der Waals surface area (Å²) < 4.78 is 4.88. The zero-order valence-corrected chi connectivity index (χ0v) is 11.0. The van der Waals surface area contributed by atoms with E-state index in [1.165, 1.54) is 0 Å². The number of ether oxygens (including phenoxy) is 1. The van der Waals surface area contributed by atoms with Crippen LogP contribution in [0.3, 0.4) is 0 Å². The number of nitrogens with zero attached hydrogens (tertiary/aromatic N) is 1. The van der Waals surface area contributed by atoms with Crippen molar-refractivity contribution in [1.82, 2.24) is 5.32 Å². The Morgan fingerprint density at radius 3 is 2.89 bits per heavy atom. The minimum absolute atomic E-state index is 0.0173. The van der Waals surface area contributed by atoms with Crippen LogP contribution in [0.5, 0.6) is 0 Å². The van der Waals surface area contributed by atoms with Gasteiger partial charge < -0.3 is 20.7 Å². The van der Waals surface area contributed by atoms with Crippen molar-refractivity contribution >= 4 is 17.3 Å². The molecule has 0 aromatic heterocycles. The molecule has 0 aliphatic carbocycles. The van der Waals surface area contributed by atoms with Gasteiger partial charge in [0.15, 0.2) is 0 Å². The van der Waals surface area contributed by atoms with Gasteiger partial charge in [0.05, 0.1) is 13.2 Å². The lowest BCUT2D eigenvalue weighted by atomic mass is 10.2. The van der Waals surface area contributed by atoms with Crippen molar-refractivity contribution < 1.29 is 9.53 Å². The predicted octanol–water partition coefficient (Wildman–Crippen LogP) is 0.858. The Kier molecular flexibility index (Phi) is 6.00. The Hall–Kier alpha value is -1.75. The van der Waals surface area contributed by atoms with Gasteiger partial charge in [-0.15, -0.1) is 0 Å². The highest BCUT2D eigenvalue weighted by Gasteiger charge is 2.09. The number of hydrogen-bond acceptors (Lipinski definition) is 4. The third-order valence-electron chi connectivity index (χ3n) is 2.58. The van der Waals surface area contributed by atoms with Crippen molar-refractivity contribution in [3.8, 4) is 0 Å². The minimum Gasteiger partial charge on any atom is -0.399 e. The first kappa shape index (κ1) is 14.3. The van der Waals surface area contributed by atoms with Gasteiger partial charge in [-0.05, 0) is 25.1 Å². The zero-order chi connectivity index (χ0) is 13.4. The van der Waals surface area contributed by atoms with Crippen molar-refractivity contribution in [3.05, 3.63) is 24.3 Å². The van der Waals surface area contributed by atoms with Crippen LogP contribution in [0.4, 0.5) is 11.4 Å². The molecule has 5 heteroatoms. The van der Waals surface area contributed by atoms with Crippen LogP contribution in [0.1, 0.15) is 6.92 Å². The Morgan fingerprint density at radius 1 is 1.50 bits per heavy atom. The summed E-state index contributed by atoms with van der Waals surface area (Å²) in [6.45, 7) is 4.14. The highest BCUT2D eigenvalue weighted by atomic mass is 16.5. The average Bonchev–Trinajstić information content (AvgIpc) is 2.36. The van der Waals surface area contributed by atoms with Gasteiger partial charge in [-0.25, -0.2) is 0 Å². The topological polar surface area (TPSA) is 67.6 Å². The van der Waals surface area contributed by atoms with Crippen LogP contribution in [0, 0.1) is 0 Å². The van der Waals surface area contributed by atoms with E-state index in [9.17, 15) is 4.79 Å². The molecule has 0 unspecified atom stereocenters. The van der Waals surface area contributed by atoms with E-state index in [1.807, 2.05) is 36.1 Å². The molecule has 1 amide bonds. The number of carbonyl (C=O) groups is 1. The second kappa shape index (κ2) is 7.55. The fourth-order valence-corrected chi connectivity index (χ4v) is 1.63. The molecule has 5 nitrogen and oxygen atoms in total. The summed E-state index contributed by atoms with van der Waals surface area (Å²) >= 11 is 0. The number of methoxy groups -OCH3 is 1. The fourth-order valence-electron chi connectivity index (χ4n) is 1.63. The maximum absolute atomic E-state index is 11.7. The molecule has 18 heavy (non-hydrogen) atoms. The molecule has 0 saturated heterocycles. The van der Waals surface area contributed by atoms with Crippen molar-refractivity contribution in [2.45, 2.75) is 6.92 Å². The number of nitrogens with two attached hydrogens (primary N) is 1. The first-order chi connectivity index (χ1) is 8.67. The average molecular weight is 251 g/mol. The number of benzene rings is 1. The summed E-state index contributed by atoms with van der Waals surface area (Å²) in [5, 5.41) is 2.80. The first-order valence-corrected chi connectivity index (χ1v) is 6.03. The maximum Gasteiger partial charge on any atom is 0.239 e. The number of amides is 1. The van der Waals surface area contributed by atoms with E-state index in [4.69, 9.17) is 10.5 Å². The Morgan fingerprint density at radius 2 is 2.28 bits per heavy atom. The van der Waals surface area contributed by atoms with Crippen LogP contribution in [-0.4, -0.2) is 39.3 Å². The van der Waals surface area contributed by atoms with Gasteiger partial charge in [0.2, 0.25) is 5.91 Å². The molecule has 0 radical (unpaired) electrons. The molecular formula is C13H21N3O2. The molecule has 0 aliphatic heterocycles. The van der Waals surface area contributed by atoms with E-state index in [1.54, 1.807) is 7.11 Å². The van der Waals surface area contributed by atoms with Gasteiger partial charge in [-0.2, -0.15) is 0 Å². The van der Waals surface area contributed by atoms with E-state index >= 15 is 0 Å². The van der Waals surface area contributed by atoms with Gasteiger partial charge in [0.1, 0.15) is 0 Å². The first-order valence-electron chi connectivity index (χ1n) is 6.03. The molecule has 3 N–H and O–H groups in total. The number of nitrogen functional groups attached to an aromatic ring is 1. The Labute approximate surface area is 108 Å². The smallest absolute Gasteiger partial charge is 0.239 e. The second-order valence-electron chi connectivity index (χ2n) is 3.95. The van der Waals surface area contributed by atoms with Crippen molar-refractivity contribution in [2.24, 2.45) is 0 Å². The number of anilines is 2. The predicted molar refractivity (Wildman–Crippen MR) is 73.6 cm³/mol. The maximum atomic E-state index is 11.7. The van der Waals surface area contributed by atoms with Gasteiger partial charge in [0.25, 0.3) is 0 Å². The molecular weight excluding hydrogens is 230 g/mol. The van der Waals surface area contributed by atoms with Crippen LogP contribution < -0.4 is 16.0 Å². The summed E-state index contributed by atoms with van der Waals surface area (Å²) in [6.07, 6.45) is 0. The van der Waals surface area contributed by atoms with Gasteiger partial charge in [-0.1, -0.05) is 6.07 Å². The van der Waals surface area contributed by atoms with E-state index in [0.717, 1.165) is 12.2 Å². The lowest BCUT2D eigenvalue weighted by Gasteiger charge is -2.22. The quantitative estimate of drug-likeness (QED) is 0.557. The van der Waals surface area contributed by atoms with Crippen molar-refractivity contribution in [2.75, 3.05) is 44.0 Å². The molecule has 100 valence electrons. The van der Waals surface area contributed by atoms with Crippen LogP contribution in [-0.2, 0) is 9.53 Å². The minimum atomic E-state index is -0.0173. The summed E-state index contributed by atoms with van der Waals surface area (Å²) in [5.41, 5.74) is 7.39. The van der Waals surface area contributed by atoms with Crippen LogP contribution in [0.15, 0.2) is 24.3 Å². The number of carbonyl (C=O) groups excluding carboxylic acids is 1. The number of rotatable bonds is 7. The number of likely N-dealkylation sites (N-methyl/N-ethyl adjacent to an activating group) is 1. The molecule has 1 aromatic carbocycles. The van der Waals surface area contributed by atoms with Gasteiger partial charge >= 0.3 is 0 Å². The molecule has 0 bridgehead atoms. The highest BCUT2D eigenvalue weighted by molar-refractivity contribution is 5.81. The Balaban J connectivity index is 2.54. The summed E-state index contributed by atoms with van der Waals surface area (Å²) in [5.74, 6) is -0.0173. The third-order valence-corrected chi connectivity index (χ3v) is 2.58. The molecule has 0 saturated carbocycles. The van der Waals surface area contributed by atoms with E-state index in [-0.39, 0.29) is 5.91 Å². The van der Waals surface area contributed by atoms with Crippen LogP contribution in [0.25, 0.3) is 0 Å². The zero-order valence-electron chi connectivity index (χ0n) is 11.0. The molecule has 0 heterocycles. The Bertz CT molecular complexity index is 382. The number of hydrogen-bond donors (Lipinski definition) is 2. The normalized spacial score (nSPS) is 10.1. The third kappa shape index (κ3) is 4.63. The lowest BCUT2D eigenvalue weighted by molar-refractivity contribution is -0.119. The van der Waals surface area contributed by atoms with Crippen molar-refractivity contribution in [3.63, 3.8) is 0 Å². The lowest BCUT2D eigenvalue weighted by Crippen LogP contribution is -2.38. The standard InChI is InChI=1S/C13H21N3O2/c1-3-16(10-13(17)15-7-8-18-2)12-6-4-5-11(14)9-12/h4-6,9H,3,7-8,10,14H2,1-2H3,(H,15,17). The van der Waals surface area contributed by atoms with Crippen LogP contribution in [0.2, 0.25) is 0 Å².